The van der Waals surface area contributed by atoms with E-state index in [1.807, 2.05) is 54.7 Å². The quantitative estimate of drug-likeness (QED) is 0.316. The summed E-state index contributed by atoms with van der Waals surface area (Å²) in [5.74, 6) is 0.695. The molecule has 1 N–H and O–H groups in total. The maximum Gasteiger partial charge on any atom is 0.271 e. The Morgan fingerprint density at radius 3 is 2.44 bits per heavy atom. The lowest BCUT2D eigenvalue weighted by Gasteiger charge is -2.07. The highest BCUT2D eigenvalue weighted by molar-refractivity contribution is 6.31. The summed E-state index contributed by atoms with van der Waals surface area (Å²) < 4.78 is 12.6. The van der Waals surface area contributed by atoms with Crippen molar-refractivity contribution in [3.8, 4) is 11.5 Å². The lowest BCUT2D eigenvalue weighted by Crippen LogP contribution is -2.17. The Morgan fingerprint density at radius 1 is 1.03 bits per heavy atom. The smallest absolute Gasteiger partial charge is 0.271 e. The van der Waals surface area contributed by atoms with Crippen molar-refractivity contribution in [1.82, 2.24) is 9.99 Å². The monoisotopic (exact) mass is 447 g/mol. The molecular formula is C25H22ClN3O3. The number of ether oxygens (including phenoxy) is 2. The van der Waals surface area contributed by atoms with Crippen LogP contribution in [0.2, 0.25) is 5.02 Å². The van der Waals surface area contributed by atoms with Gasteiger partial charge in [-0.3, -0.25) is 4.79 Å². The molecule has 0 unspecified atom stereocenters. The Morgan fingerprint density at radius 2 is 1.72 bits per heavy atom. The Kier molecular flexibility index (Phi) is 6.42. The summed E-state index contributed by atoms with van der Waals surface area (Å²) in [5.41, 5.74) is 5.93. The number of fused-ring (bicyclic) bond motifs is 1. The van der Waals surface area contributed by atoms with Gasteiger partial charge in [0.25, 0.3) is 5.91 Å². The molecule has 4 rings (SSSR count). The Hall–Kier alpha value is -3.77. The summed E-state index contributed by atoms with van der Waals surface area (Å²) in [6.07, 6.45) is 3.64. The number of amides is 1. The predicted molar refractivity (Wildman–Crippen MR) is 127 cm³/mol. The van der Waals surface area contributed by atoms with Crippen molar-refractivity contribution in [2.45, 2.75) is 6.54 Å². The van der Waals surface area contributed by atoms with Gasteiger partial charge in [0.15, 0.2) is 0 Å². The third-order valence-corrected chi connectivity index (χ3v) is 5.47. The highest BCUT2D eigenvalue weighted by Crippen LogP contribution is 2.24. The summed E-state index contributed by atoms with van der Waals surface area (Å²) in [4.78, 5) is 12.6. The second-order valence-electron chi connectivity index (χ2n) is 7.12. The molecule has 0 radical (unpaired) electrons. The number of benzene rings is 3. The average Bonchev–Trinajstić information content (AvgIpc) is 3.17. The van der Waals surface area contributed by atoms with E-state index in [0.29, 0.717) is 23.6 Å². The van der Waals surface area contributed by atoms with E-state index in [1.54, 1.807) is 24.4 Å². The SMILES string of the molecule is COc1cc(OC)cc(C(=O)N/N=C\c2cn(Cc3ccccc3Cl)c3ccccc23)c1. The van der Waals surface area contributed by atoms with Crippen LogP contribution in [0, 0.1) is 0 Å². The topological polar surface area (TPSA) is 64.8 Å². The molecule has 1 amide bonds. The first-order valence-corrected chi connectivity index (χ1v) is 10.3. The first-order chi connectivity index (χ1) is 15.6. The van der Waals surface area contributed by atoms with Crippen LogP contribution >= 0.6 is 11.6 Å². The fraction of sp³-hybridized carbons (Fsp3) is 0.120. The highest BCUT2D eigenvalue weighted by atomic mass is 35.5. The highest BCUT2D eigenvalue weighted by Gasteiger charge is 2.11. The fourth-order valence-corrected chi connectivity index (χ4v) is 3.68. The number of carbonyl (C=O) groups is 1. The molecule has 1 aromatic heterocycles. The number of rotatable bonds is 7. The van der Waals surface area contributed by atoms with Crippen LogP contribution in [0.3, 0.4) is 0 Å². The largest absolute Gasteiger partial charge is 0.497 e. The molecule has 32 heavy (non-hydrogen) atoms. The third-order valence-electron chi connectivity index (χ3n) is 5.10. The molecule has 0 saturated heterocycles. The molecule has 162 valence electrons. The first-order valence-electron chi connectivity index (χ1n) is 9.97. The molecule has 6 nitrogen and oxygen atoms in total. The number of methoxy groups -OCH3 is 2. The van der Waals surface area contributed by atoms with E-state index in [4.69, 9.17) is 21.1 Å². The van der Waals surface area contributed by atoms with Crippen LogP contribution < -0.4 is 14.9 Å². The number of para-hydroxylation sites is 1. The van der Waals surface area contributed by atoms with E-state index in [1.165, 1.54) is 14.2 Å². The van der Waals surface area contributed by atoms with Crippen molar-refractivity contribution in [2.75, 3.05) is 14.2 Å². The molecule has 0 aliphatic carbocycles. The van der Waals surface area contributed by atoms with Gasteiger partial charge in [0, 0.05) is 45.9 Å². The number of aromatic nitrogens is 1. The van der Waals surface area contributed by atoms with Crippen LogP contribution in [0.25, 0.3) is 10.9 Å². The normalized spacial score (nSPS) is 11.1. The molecule has 0 spiro atoms. The number of nitrogens with one attached hydrogen (secondary N) is 1. The van der Waals surface area contributed by atoms with E-state index in [9.17, 15) is 4.79 Å². The van der Waals surface area contributed by atoms with Crippen LogP contribution in [0.15, 0.2) is 78.0 Å². The van der Waals surface area contributed by atoms with Gasteiger partial charge in [-0.15, -0.1) is 0 Å². The Balaban J connectivity index is 1.57. The lowest BCUT2D eigenvalue weighted by atomic mass is 10.2. The number of halogens is 1. The van der Waals surface area contributed by atoms with Crippen LogP contribution in [-0.4, -0.2) is 30.9 Å². The number of carbonyl (C=O) groups excluding carboxylic acids is 1. The standard InChI is InChI=1S/C25H22ClN3O3/c1-31-20-11-18(12-21(13-20)32-2)25(30)28-27-14-19-16-29(24-10-6-4-8-22(19)24)15-17-7-3-5-9-23(17)26/h3-14,16H,15H2,1-2H3,(H,28,30)/b27-14-. The van der Waals surface area contributed by atoms with Crippen molar-refractivity contribution >= 4 is 34.6 Å². The van der Waals surface area contributed by atoms with E-state index in [-0.39, 0.29) is 5.91 Å². The molecule has 0 atom stereocenters. The molecule has 1 heterocycles. The summed E-state index contributed by atoms with van der Waals surface area (Å²) in [6.45, 7) is 0.629. The molecule has 7 heteroatoms. The zero-order valence-electron chi connectivity index (χ0n) is 17.7. The van der Waals surface area contributed by atoms with Crippen LogP contribution in [0.1, 0.15) is 21.5 Å². The van der Waals surface area contributed by atoms with Gasteiger partial charge in [0.1, 0.15) is 11.5 Å². The first kappa shape index (κ1) is 21.5. The average molecular weight is 448 g/mol. The van der Waals surface area contributed by atoms with Gasteiger partial charge in [0.2, 0.25) is 0 Å². The molecule has 4 aromatic rings. The number of hydrazone groups is 1. The lowest BCUT2D eigenvalue weighted by molar-refractivity contribution is 0.0954. The summed E-state index contributed by atoms with van der Waals surface area (Å²) in [5, 5.41) is 5.92. The van der Waals surface area contributed by atoms with Crippen molar-refractivity contribution in [3.63, 3.8) is 0 Å². The van der Waals surface area contributed by atoms with Gasteiger partial charge in [-0.1, -0.05) is 48.0 Å². The third kappa shape index (κ3) is 4.60. The van der Waals surface area contributed by atoms with Crippen molar-refractivity contribution in [3.05, 3.63) is 94.6 Å². The number of nitrogens with zero attached hydrogens (tertiary/aromatic N) is 2. The molecule has 0 fully saturated rings. The zero-order valence-corrected chi connectivity index (χ0v) is 18.5. The van der Waals surface area contributed by atoms with Crippen molar-refractivity contribution < 1.29 is 14.3 Å². The molecule has 0 aliphatic rings. The maximum absolute atomic E-state index is 12.6. The van der Waals surface area contributed by atoms with Gasteiger partial charge in [-0.2, -0.15) is 5.10 Å². The van der Waals surface area contributed by atoms with Gasteiger partial charge < -0.3 is 14.0 Å². The second kappa shape index (κ2) is 9.58. The molecule has 0 bridgehead atoms. The van der Waals surface area contributed by atoms with E-state index < -0.39 is 0 Å². The van der Waals surface area contributed by atoms with Crippen molar-refractivity contribution in [1.29, 1.82) is 0 Å². The zero-order chi connectivity index (χ0) is 22.5. The minimum absolute atomic E-state index is 0.363. The van der Waals surface area contributed by atoms with Crippen LogP contribution in [-0.2, 0) is 6.54 Å². The summed E-state index contributed by atoms with van der Waals surface area (Å²) in [6, 6.07) is 20.8. The summed E-state index contributed by atoms with van der Waals surface area (Å²) in [7, 11) is 3.07. The predicted octanol–water partition coefficient (Wildman–Crippen LogP) is 5.12. The van der Waals surface area contributed by atoms with Gasteiger partial charge in [-0.25, -0.2) is 5.43 Å². The van der Waals surface area contributed by atoms with Gasteiger partial charge in [-0.05, 0) is 29.8 Å². The minimum atomic E-state index is -0.363. The number of hydrogen-bond donors (Lipinski definition) is 1. The number of hydrogen-bond acceptors (Lipinski definition) is 4. The van der Waals surface area contributed by atoms with Gasteiger partial charge >= 0.3 is 0 Å². The van der Waals surface area contributed by atoms with Crippen LogP contribution in [0.4, 0.5) is 0 Å². The van der Waals surface area contributed by atoms with Gasteiger partial charge in [0.05, 0.1) is 20.4 Å². The molecule has 0 saturated carbocycles. The second-order valence-corrected chi connectivity index (χ2v) is 7.53. The Labute approximate surface area is 191 Å². The molecule has 0 aliphatic heterocycles. The molecule has 3 aromatic carbocycles. The fourth-order valence-electron chi connectivity index (χ4n) is 3.48. The van der Waals surface area contributed by atoms with E-state index in [2.05, 4.69) is 15.1 Å². The maximum atomic E-state index is 12.6. The van der Waals surface area contributed by atoms with E-state index >= 15 is 0 Å². The van der Waals surface area contributed by atoms with E-state index in [0.717, 1.165) is 27.1 Å². The van der Waals surface area contributed by atoms with Crippen LogP contribution in [0.5, 0.6) is 11.5 Å². The Bertz CT molecular complexity index is 1270. The summed E-state index contributed by atoms with van der Waals surface area (Å²) >= 11 is 6.35. The molecular weight excluding hydrogens is 426 g/mol. The minimum Gasteiger partial charge on any atom is -0.497 e. The van der Waals surface area contributed by atoms with Crippen molar-refractivity contribution in [2.24, 2.45) is 5.10 Å².